The molecule has 0 aliphatic carbocycles. The Morgan fingerprint density at radius 2 is 1.82 bits per heavy atom. The maximum absolute atomic E-state index is 11.5. The van der Waals surface area contributed by atoms with Gasteiger partial charge < -0.3 is 9.47 Å². The van der Waals surface area contributed by atoms with Gasteiger partial charge in [-0.25, -0.2) is 9.59 Å². The van der Waals surface area contributed by atoms with Crippen molar-refractivity contribution in [2.75, 3.05) is 0 Å². The molecule has 1 aromatic carbocycles. The molecular weight excluding hydrogens is 280 g/mol. The first kappa shape index (κ1) is 17.4. The Morgan fingerprint density at radius 1 is 1.09 bits per heavy atom. The van der Waals surface area contributed by atoms with E-state index in [2.05, 4.69) is 0 Å². The van der Waals surface area contributed by atoms with Gasteiger partial charge in [-0.3, -0.25) is 0 Å². The molecule has 0 spiro atoms. The highest BCUT2D eigenvalue weighted by molar-refractivity contribution is 5.83. The monoisotopic (exact) mass is 300 g/mol. The van der Waals surface area contributed by atoms with E-state index >= 15 is 0 Å². The standard InChI is InChI=1S/C18H20O4/c1-3-4-6-11-18(20)22-15(2)12-13-17(19)21-14-16-9-7-5-8-10-16/h3-13,15H,14H2,1-2H3. The van der Waals surface area contributed by atoms with Crippen molar-refractivity contribution in [2.24, 2.45) is 0 Å². The molecule has 0 aliphatic heterocycles. The average Bonchev–Trinajstić information content (AvgIpc) is 2.52. The van der Waals surface area contributed by atoms with Crippen molar-refractivity contribution in [3.8, 4) is 0 Å². The SMILES string of the molecule is CC=CC=CC(=O)OC(C)C=CC(=O)OCc1ccccc1. The number of allylic oxidation sites excluding steroid dienone is 3. The van der Waals surface area contributed by atoms with E-state index in [0.717, 1.165) is 5.56 Å². The van der Waals surface area contributed by atoms with Gasteiger partial charge in [-0.1, -0.05) is 48.6 Å². The molecule has 0 radical (unpaired) electrons. The molecule has 0 saturated heterocycles. The zero-order chi connectivity index (χ0) is 16.2. The van der Waals surface area contributed by atoms with Gasteiger partial charge in [0.25, 0.3) is 0 Å². The number of hydrogen-bond donors (Lipinski definition) is 0. The molecule has 0 N–H and O–H groups in total. The fourth-order valence-electron chi connectivity index (χ4n) is 1.50. The average molecular weight is 300 g/mol. The number of ether oxygens (including phenoxy) is 2. The molecule has 0 heterocycles. The van der Waals surface area contributed by atoms with Crippen molar-refractivity contribution in [1.29, 1.82) is 0 Å². The topological polar surface area (TPSA) is 52.6 Å². The molecular formula is C18H20O4. The van der Waals surface area contributed by atoms with E-state index in [0.29, 0.717) is 0 Å². The van der Waals surface area contributed by atoms with Gasteiger partial charge in [-0.15, -0.1) is 0 Å². The smallest absolute Gasteiger partial charge is 0.331 e. The zero-order valence-electron chi connectivity index (χ0n) is 12.8. The predicted molar refractivity (Wildman–Crippen MR) is 84.9 cm³/mol. The number of esters is 2. The van der Waals surface area contributed by atoms with Crippen LogP contribution in [0, 0.1) is 0 Å². The molecule has 4 heteroatoms. The van der Waals surface area contributed by atoms with E-state index in [1.54, 1.807) is 25.2 Å². The third-order valence-corrected chi connectivity index (χ3v) is 2.57. The lowest BCUT2D eigenvalue weighted by Gasteiger charge is -2.06. The van der Waals surface area contributed by atoms with Gasteiger partial charge in [0.2, 0.25) is 0 Å². The summed E-state index contributed by atoms with van der Waals surface area (Å²) in [5.74, 6) is -0.941. The van der Waals surface area contributed by atoms with Crippen molar-refractivity contribution >= 4 is 11.9 Å². The molecule has 4 nitrogen and oxygen atoms in total. The third kappa shape index (κ3) is 7.85. The molecule has 1 rings (SSSR count). The van der Waals surface area contributed by atoms with Crippen LogP contribution in [0.1, 0.15) is 19.4 Å². The molecule has 116 valence electrons. The zero-order valence-corrected chi connectivity index (χ0v) is 12.8. The molecule has 22 heavy (non-hydrogen) atoms. The lowest BCUT2D eigenvalue weighted by Crippen LogP contribution is -2.11. The molecule has 0 aliphatic rings. The van der Waals surface area contributed by atoms with Crippen molar-refractivity contribution in [2.45, 2.75) is 26.6 Å². The van der Waals surface area contributed by atoms with Crippen LogP contribution >= 0.6 is 0 Å². The largest absolute Gasteiger partial charge is 0.458 e. The Balaban J connectivity index is 2.33. The van der Waals surface area contributed by atoms with E-state index in [4.69, 9.17) is 9.47 Å². The van der Waals surface area contributed by atoms with E-state index in [1.165, 1.54) is 18.2 Å². The minimum absolute atomic E-state index is 0.213. The van der Waals surface area contributed by atoms with Crippen LogP contribution in [-0.4, -0.2) is 18.0 Å². The molecule has 1 aromatic rings. The normalized spacial score (nSPS) is 12.8. The summed E-state index contributed by atoms with van der Waals surface area (Å²) >= 11 is 0. The van der Waals surface area contributed by atoms with Gasteiger partial charge in [0.05, 0.1) is 0 Å². The quantitative estimate of drug-likeness (QED) is 0.440. The Kier molecular flexibility index (Phi) is 8.05. The maximum Gasteiger partial charge on any atom is 0.331 e. The summed E-state index contributed by atoms with van der Waals surface area (Å²) < 4.78 is 10.1. The molecule has 0 fully saturated rings. The highest BCUT2D eigenvalue weighted by Gasteiger charge is 2.04. The van der Waals surface area contributed by atoms with Crippen LogP contribution in [0.4, 0.5) is 0 Å². The fraction of sp³-hybridized carbons (Fsp3) is 0.222. The van der Waals surface area contributed by atoms with E-state index < -0.39 is 18.0 Å². The minimum Gasteiger partial charge on any atom is -0.458 e. The summed E-state index contributed by atoms with van der Waals surface area (Å²) in [6.45, 7) is 3.73. The van der Waals surface area contributed by atoms with Gasteiger partial charge in [0.1, 0.15) is 12.7 Å². The van der Waals surface area contributed by atoms with Crippen molar-refractivity contribution < 1.29 is 19.1 Å². The van der Waals surface area contributed by atoms with Crippen LogP contribution in [0.2, 0.25) is 0 Å². The van der Waals surface area contributed by atoms with Gasteiger partial charge in [0.15, 0.2) is 0 Å². The first-order valence-electron chi connectivity index (χ1n) is 7.00. The number of carbonyl (C=O) groups is 2. The summed E-state index contributed by atoms with van der Waals surface area (Å²) in [6, 6.07) is 9.40. The Bertz CT molecular complexity index is 556. The van der Waals surface area contributed by atoms with E-state index in [-0.39, 0.29) is 6.61 Å². The van der Waals surface area contributed by atoms with Gasteiger partial charge >= 0.3 is 11.9 Å². The fourth-order valence-corrected chi connectivity index (χ4v) is 1.50. The van der Waals surface area contributed by atoms with E-state index in [9.17, 15) is 9.59 Å². The summed E-state index contributed by atoms with van der Waals surface area (Å²) in [4.78, 5) is 22.9. The van der Waals surface area contributed by atoms with Crippen molar-refractivity contribution in [3.05, 3.63) is 72.4 Å². The summed E-state index contributed by atoms with van der Waals surface area (Å²) in [5, 5.41) is 0. The number of benzene rings is 1. The molecule has 0 aromatic heterocycles. The molecule has 0 bridgehead atoms. The van der Waals surface area contributed by atoms with Crippen LogP contribution in [0.3, 0.4) is 0 Å². The van der Waals surface area contributed by atoms with Crippen LogP contribution in [0.25, 0.3) is 0 Å². The predicted octanol–water partition coefficient (Wildman–Crippen LogP) is 3.35. The van der Waals surface area contributed by atoms with E-state index in [1.807, 2.05) is 37.3 Å². The second-order valence-corrected chi connectivity index (χ2v) is 4.48. The minimum atomic E-state index is -0.507. The summed E-state index contributed by atoms with van der Waals surface area (Å²) in [7, 11) is 0. The van der Waals surface area contributed by atoms with Crippen LogP contribution in [0.5, 0.6) is 0 Å². The molecule has 0 amide bonds. The van der Waals surface area contributed by atoms with Crippen molar-refractivity contribution in [3.63, 3.8) is 0 Å². The second-order valence-electron chi connectivity index (χ2n) is 4.48. The Labute approximate surface area is 130 Å². The Hall–Kier alpha value is -2.62. The van der Waals surface area contributed by atoms with Gasteiger partial charge in [-0.2, -0.15) is 0 Å². The number of carbonyl (C=O) groups excluding carboxylic acids is 2. The van der Waals surface area contributed by atoms with Crippen LogP contribution in [-0.2, 0) is 25.7 Å². The number of rotatable bonds is 7. The lowest BCUT2D eigenvalue weighted by molar-refractivity contribution is -0.141. The highest BCUT2D eigenvalue weighted by Crippen LogP contribution is 2.02. The first-order valence-corrected chi connectivity index (χ1v) is 7.00. The highest BCUT2D eigenvalue weighted by atomic mass is 16.5. The Morgan fingerprint density at radius 3 is 2.50 bits per heavy atom. The van der Waals surface area contributed by atoms with Crippen molar-refractivity contribution in [1.82, 2.24) is 0 Å². The summed E-state index contributed by atoms with van der Waals surface area (Å²) in [6.07, 6.45) is 8.67. The molecule has 1 unspecified atom stereocenters. The molecule has 1 atom stereocenters. The second kappa shape index (κ2) is 10.2. The van der Waals surface area contributed by atoms with Crippen LogP contribution < -0.4 is 0 Å². The van der Waals surface area contributed by atoms with Crippen LogP contribution in [0.15, 0.2) is 66.8 Å². The van der Waals surface area contributed by atoms with Gasteiger partial charge in [0, 0.05) is 12.2 Å². The summed E-state index contributed by atoms with van der Waals surface area (Å²) in [5.41, 5.74) is 0.915. The third-order valence-electron chi connectivity index (χ3n) is 2.57. The maximum atomic E-state index is 11.5. The first-order chi connectivity index (χ1) is 10.6. The number of hydrogen-bond acceptors (Lipinski definition) is 4. The lowest BCUT2D eigenvalue weighted by atomic mass is 10.2. The van der Waals surface area contributed by atoms with Gasteiger partial charge in [-0.05, 0) is 25.5 Å². The molecule has 0 saturated carbocycles.